The third-order valence-corrected chi connectivity index (χ3v) is 5.28. The Morgan fingerprint density at radius 3 is 1.52 bits per heavy atom. The second-order valence-electron chi connectivity index (χ2n) is 7.58. The summed E-state index contributed by atoms with van der Waals surface area (Å²) >= 11 is 0. The first kappa shape index (κ1) is 21.7. The van der Waals surface area contributed by atoms with Gasteiger partial charge in [0.1, 0.15) is 18.3 Å². The van der Waals surface area contributed by atoms with Crippen LogP contribution in [0, 0.1) is 0 Å². The largest absolute Gasteiger partial charge is 0.368 e. The lowest BCUT2D eigenvalue weighted by atomic mass is 10.0. The van der Waals surface area contributed by atoms with E-state index >= 15 is 0 Å². The van der Waals surface area contributed by atoms with Crippen LogP contribution in [0.25, 0.3) is 0 Å². The summed E-state index contributed by atoms with van der Waals surface area (Å²) in [5.74, 6) is 0. The molecule has 1 fully saturated rings. The van der Waals surface area contributed by atoms with Crippen LogP contribution >= 0.6 is 0 Å². The summed E-state index contributed by atoms with van der Waals surface area (Å²) in [6.07, 6.45) is -2.59. The van der Waals surface area contributed by atoms with Crippen molar-refractivity contribution in [3.8, 4) is 0 Å². The van der Waals surface area contributed by atoms with Crippen molar-refractivity contribution in [1.29, 1.82) is 0 Å². The SMILES string of the molecule is O[C@@H]1OC[C@H](OCc2ccccc2)[C@@H](OCc2ccccc2)[C@H]1OCc1ccccc1. The highest BCUT2D eigenvalue weighted by molar-refractivity contribution is 5.15. The van der Waals surface area contributed by atoms with Crippen LogP contribution in [0.1, 0.15) is 16.7 Å². The van der Waals surface area contributed by atoms with Crippen LogP contribution in [-0.4, -0.2) is 36.3 Å². The Morgan fingerprint density at radius 2 is 1.03 bits per heavy atom. The minimum absolute atomic E-state index is 0.235. The fourth-order valence-corrected chi connectivity index (χ4v) is 3.59. The molecule has 4 rings (SSSR count). The zero-order chi connectivity index (χ0) is 21.3. The van der Waals surface area contributed by atoms with Gasteiger partial charge in [-0.3, -0.25) is 0 Å². The number of hydrogen-bond donors (Lipinski definition) is 1. The summed E-state index contributed by atoms with van der Waals surface area (Å²) in [7, 11) is 0. The molecule has 1 aliphatic heterocycles. The van der Waals surface area contributed by atoms with Crippen molar-refractivity contribution >= 4 is 0 Å². The van der Waals surface area contributed by atoms with Crippen LogP contribution < -0.4 is 0 Å². The Bertz CT molecular complexity index is 887. The third-order valence-electron chi connectivity index (χ3n) is 5.28. The van der Waals surface area contributed by atoms with Gasteiger partial charge in [0, 0.05) is 0 Å². The Hall–Kier alpha value is -2.54. The molecule has 3 aromatic rings. The van der Waals surface area contributed by atoms with Gasteiger partial charge in [0.25, 0.3) is 0 Å². The fourth-order valence-electron chi connectivity index (χ4n) is 3.59. The highest BCUT2D eigenvalue weighted by Crippen LogP contribution is 2.25. The summed E-state index contributed by atoms with van der Waals surface area (Å²) < 4.78 is 24.1. The van der Waals surface area contributed by atoms with Crippen LogP contribution in [0.3, 0.4) is 0 Å². The first-order chi connectivity index (χ1) is 15.3. The van der Waals surface area contributed by atoms with Gasteiger partial charge in [-0.1, -0.05) is 91.0 Å². The van der Waals surface area contributed by atoms with E-state index in [1.54, 1.807) is 0 Å². The van der Waals surface area contributed by atoms with Crippen molar-refractivity contribution < 1.29 is 24.1 Å². The average Bonchev–Trinajstić information content (AvgIpc) is 2.83. The topological polar surface area (TPSA) is 57.2 Å². The minimum atomic E-state index is -1.08. The van der Waals surface area contributed by atoms with Crippen LogP contribution in [0.2, 0.25) is 0 Å². The summed E-state index contributed by atoms with van der Waals surface area (Å²) in [4.78, 5) is 0. The van der Waals surface area contributed by atoms with E-state index in [1.165, 1.54) is 0 Å². The van der Waals surface area contributed by atoms with E-state index in [-0.39, 0.29) is 12.7 Å². The van der Waals surface area contributed by atoms with Gasteiger partial charge >= 0.3 is 0 Å². The second kappa shape index (κ2) is 11.2. The van der Waals surface area contributed by atoms with Gasteiger partial charge < -0.3 is 24.1 Å². The number of aliphatic hydroxyl groups excluding tert-OH is 1. The zero-order valence-corrected chi connectivity index (χ0v) is 17.4. The molecule has 0 amide bonds. The van der Waals surface area contributed by atoms with E-state index in [9.17, 15) is 5.11 Å². The van der Waals surface area contributed by atoms with E-state index in [4.69, 9.17) is 18.9 Å². The molecule has 0 spiro atoms. The average molecular weight is 421 g/mol. The van der Waals surface area contributed by atoms with E-state index in [0.29, 0.717) is 19.8 Å². The van der Waals surface area contributed by atoms with E-state index in [0.717, 1.165) is 16.7 Å². The number of ether oxygens (including phenoxy) is 4. The fraction of sp³-hybridized carbons (Fsp3) is 0.308. The molecule has 1 saturated heterocycles. The van der Waals surface area contributed by atoms with Crippen LogP contribution in [-0.2, 0) is 38.8 Å². The first-order valence-electron chi connectivity index (χ1n) is 10.6. The standard InChI is InChI=1S/C26H28O5/c27-26-25(30-18-22-14-8-3-9-15-22)24(29-17-21-12-6-2-7-13-21)23(19-31-26)28-16-20-10-4-1-5-11-20/h1-15,23-27H,16-19H2/t23-,24+,25+,26+/m0/s1. The predicted molar refractivity (Wildman–Crippen MR) is 117 cm³/mol. The van der Waals surface area contributed by atoms with Gasteiger partial charge in [0.15, 0.2) is 6.29 Å². The summed E-state index contributed by atoms with van der Waals surface area (Å²) in [6.45, 7) is 1.41. The monoisotopic (exact) mass is 420 g/mol. The molecule has 3 aromatic carbocycles. The Morgan fingerprint density at radius 1 is 0.613 bits per heavy atom. The maximum atomic E-state index is 10.5. The van der Waals surface area contributed by atoms with Gasteiger partial charge in [0.2, 0.25) is 0 Å². The van der Waals surface area contributed by atoms with Gasteiger partial charge in [-0.05, 0) is 16.7 Å². The maximum Gasteiger partial charge on any atom is 0.183 e. The Kier molecular flexibility index (Phi) is 7.82. The molecule has 1 N–H and O–H groups in total. The molecule has 0 saturated carbocycles. The molecule has 0 aliphatic carbocycles. The molecular weight excluding hydrogens is 392 g/mol. The number of rotatable bonds is 9. The summed E-state index contributed by atoms with van der Waals surface area (Å²) in [5.41, 5.74) is 3.13. The molecule has 162 valence electrons. The molecule has 1 heterocycles. The lowest BCUT2D eigenvalue weighted by molar-refractivity contribution is -0.286. The molecule has 5 heteroatoms. The van der Waals surface area contributed by atoms with Gasteiger partial charge in [-0.2, -0.15) is 0 Å². The van der Waals surface area contributed by atoms with Crippen molar-refractivity contribution in [3.63, 3.8) is 0 Å². The van der Waals surface area contributed by atoms with Gasteiger partial charge in [0.05, 0.1) is 26.4 Å². The lowest BCUT2D eigenvalue weighted by Crippen LogP contribution is -2.56. The van der Waals surface area contributed by atoms with Crippen molar-refractivity contribution in [2.75, 3.05) is 6.61 Å². The van der Waals surface area contributed by atoms with Crippen molar-refractivity contribution in [2.24, 2.45) is 0 Å². The first-order valence-corrected chi connectivity index (χ1v) is 10.6. The van der Waals surface area contributed by atoms with Gasteiger partial charge in [-0.15, -0.1) is 0 Å². The van der Waals surface area contributed by atoms with Crippen LogP contribution in [0.4, 0.5) is 0 Å². The van der Waals surface area contributed by atoms with Crippen LogP contribution in [0.15, 0.2) is 91.0 Å². The van der Waals surface area contributed by atoms with Crippen molar-refractivity contribution in [2.45, 2.75) is 44.4 Å². The Labute approximate surface area is 183 Å². The highest BCUT2D eigenvalue weighted by Gasteiger charge is 2.42. The molecule has 1 aliphatic rings. The molecule has 0 radical (unpaired) electrons. The maximum absolute atomic E-state index is 10.5. The van der Waals surface area contributed by atoms with Gasteiger partial charge in [-0.25, -0.2) is 0 Å². The molecular formula is C26H28O5. The smallest absolute Gasteiger partial charge is 0.183 e. The molecule has 31 heavy (non-hydrogen) atoms. The summed E-state index contributed by atoms with van der Waals surface area (Å²) in [6, 6.07) is 29.8. The highest BCUT2D eigenvalue weighted by atomic mass is 16.7. The van der Waals surface area contributed by atoms with E-state index < -0.39 is 18.5 Å². The minimum Gasteiger partial charge on any atom is -0.368 e. The molecule has 0 aromatic heterocycles. The molecule has 5 nitrogen and oxygen atoms in total. The number of benzene rings is 3. The quantitative estimate of drug-likeness (QED) is 0.565. The molecule has 0 unspecified atom stereocenters. The Balaban J connectivity index is 1.46. The van der Waals surface area contributed by atoms with E-state index in [1.807, 2.05) is 91.0 Å². The van der Waals surface area contributed by atoms with Crippen LogP contribution in [0.5, 0.6) is 0 Å². The molecule has 4 atom stereocenters. The lowest BCUT2D eigenvalue weighted by Gasteiger charge is -2.40. The predicted octanol–water partition coefficient (Wildman–Crippen LogP) is 4.09. The van der Waals surface area contributed by atoms with E-state index in [2.05, 4.69) is 0 Å². The zero-order valence-electron chi connectivity index (χ0n) is 17.4. The summed E-state index contributed by atoms with van der Waals surface area (Å²) in [5, 5.41) is 10.5. The number of aliphatic hydroxyl groups is 1. The van der Waals surface area contributed by atoms with Crippen molar-refractivity contribution in [3.05, 3.63) is 108 Å². The second-order valence-corrected chi connectivity index (χ2v) is 7.58. The normalized spacial score (nSPS) is 23.5. The number of hydrogen-bond acceptors (Lipinski definition) is 5. The third kappa shape index (κ3) is 6.23. The van der Waals surface area contributed by atoms with Crippen molar-refractivity contribution in [1.82, 2.24) is 0 Å². The molecule has 0 bridgehead atoms.